The van der Waals surface area contributed by atoms with Crippen LogP contribution in [0.5, 0.6) is 0 Å². The normalized spacial score (nSPS) is 28.3. The fourth-order valence-corrected chi connectivity index (χ4v) is 4.02. The van der Waals surface area contributed by atoms with Crippen LogP contribution in [0.4, 0.5) is 0 Å². The van der Waals surface area contributed by atoms with E-state index in [0.29, 0.717) is 6.04 Å². The van der Waals surface area contributed by atoms with Gasteiger partial charge in [-0.1, -0.05) is 6.92 Å². The van der Waals surface area contributed by atoms with Crippen molar-refractivity contribution < 1.29 is 0 Å². The number of hydrogen-bond acceptors (Lipinski definition) is 3. The second-order valence-electron chi connectivity index (χ2n) is 5.40. The molecule has 1 aliphatic carbocycles. The molecule has 4 heteroatoms. The quantitative estimate of drug-likeness (QED) is 0.829. The summed E-state index contributed by atoms with van der Waals surface area (Å²) in [6.07, 6.45) is 3.41. The first-order valence-corrected chi connectivity index (χ1v) is 8.10. The molecule has 0 radical (unpaired) electrons. The molecule has 0 bridgehead atoms. The van der Waals surface area contributed by atoms with Crippen LogP contribution in [0.1, 0.15) is 31.7 Å². The minimum Gasteiger partial charge on any atom is -0.298 e. The van der Waals surface area contributed by atoms with Crippen LogP contribution in [0.3, 0.4) is 0 Å². The molecule has 1 aromatic heterocycles. The molecule has 1 aromatic rings. The van der Waals surface area contributed by atoms with E-state index in [2.05, 4.69) is 52.3 Å². The minimum absolute atomic E-state index is 0.202. The van der Waals surface area contributed by atoms with E-state index >= 15 is 0 Å². The summed E-state index contributed by atoms with van der Waals surface area (Å²) in [5, 5.41) is 11.5. The highest BCUT2D eigenvalue weighted by atomic mass is 79.9. The summed E-state index contributed by atoms with van der Waals surface area (Å²) in [6, 6.07) is 5.09. The lowest BCUT2D eigenvalue weighted by Crippen LogP contribution is -2.41. The Balaban J connectivity index is 2.02. The van der Waals surface area contributed by atoms with Crippen molar-refractivity contribution in [3.8, 4) is 6.07 Å². The molecule has 18 heavy (non-hydrogen) atoms. The molecule has 1 aliphatic rings. The molecule has 0 spiro atoms. The standard InChI is InChI=1S/C14H19BrN2S/c1-10-3-4-12(7-16)13(5-10)17(2)8-11-6-14(15)18-9-11/h6,9-10,12-13H,3-5,8H2,1-2H3. The van der Waals surface area contributed by atoms with Crippen LogP contribution in [0.15, 0.2) is 15.2 Å². The summed E-state index contributed by atoms with van der Waals surface area (Å²) in [7, 11) is 2.15. The van der Waals surface area contributed by atoms with E-state index in [1.807, 2.05) is 0 Å². The third-order valence-corrected chi connectivity index (χ3v) is 5.42. The summed E-state index contributed by atoms with van der Waals surface area (Å²) >= 11 is 5.23. The highest BCUT2D eigenvalue weighted by Crippen LogP contribution is 2.32. The Morgan fingerprint density at radius 2 is 2.33 bits per heavy atom. The van der Waals surface area contributed by atoms with Crippen LogP contribution in [0, 0.1) is 23.2 Å². The first-order chi connectivity index (χ1) is 8.60. The van der Waals surface area contributed by atoms with Gasteiger partial charge in [0.15, 0.2) is 0 Å². The van der Waals surface area contributed by atoms with Gasteiger partial charge >= 0.3 is 0 Å². The number of nitrogens with zero attached hydrogens (tertiary/aromatic N) is 2. The molecule has 2 nitrogen and oxygen atoms in total. The lowest BCUT2D eigenvalue weighted by Gasteiger charge is -2.37. The Kier molecular flexibility index (Phi) is 4.83. The number of rotatable bonds is 3. The topological polar surface area (TPSA) is 27.0 Å². The van der Waals surface area contributed by atoms with Crippen LogP contribution in [-0.2, 0) is 6.54 Å². The molecule has 1 saturated carbocycles. The van der Waals surface area contributed by atoms with Gasteiger partial charge in [0.1, 0.15) is 0 Å². The van der Waals surface area contributed by atoms with Gasteiger partial charge in [-0.15, -0.1) is 11.3 Å². The van der Waals surface area contributed by atoms with Gasteiger partial charge in [0, 0.05) is 12.6 Å². The highest BCUT2D eigenvalue weighted by Gasteiger charge is 2.31. The lowest BCUT2D eigenvalue weighted by atomic mass is 9.79. The molecule has 0 aromatic carbocycles. The van der Waals surface area contributed by atoms with Crippen molar-refractivity contribution in [3.05, 3.63) is 20.8 Å². The van der Waals surface area contributed by atoms with Crippen LogP contribution in [0.2, 0.25) is 0 Å². The van der Waals surface area contributed by atoms with E-state index in [4.69, 9.17) is 0 Å². The first-order valence-electron chi connectivity index (χ1n) is 6.43. The van der Waals surface area contributed by atoms with Crippen LogP contribution >= 0.6 is 27.3 Å². The van der Waals surface area contributed by atoms with Crippen LogP contribution in [0.25, 0.3) is 0 Å². The van der Waals surface area contributed by atoms with Gasteiger partial charge in [-0.25, -0.2) is 0 Å². The molecule has 3 atom stereocenters. The molecule has 0 saturated heterocycles. The Labute approximate surface area is 122 Å². The predicted octanol–water partition coefficient (Wildman–Crippen LogP) is 4.27. The molecule has 1 fully saturated rings. The molecule has 0 amide bonds. The average Bonchev–Trinajstić information content (AvgIpc) is 2.74. The van der Waals surface area contributed by atoms with Gasteiger partial charge in [-0.2, -0.15) is 5.26 Å². The maximum Gasteiger partial charge on any atom is 0.0701 e. The number of nitriles is 1. The van der Waals surface area contributed by atoms with Gasteiger partial charge in [-0.05, 0) is 65.2 Å². The van der Waals surface area contributed by atoms with Gasteiger partial charge in [-0.3, -0.25) is 4.90 Å². The fraction of sp³-hybridized carbons (Fsp3) is 0.643. The zero-order valence-electron chi connectivity index (χ0n) is 10.9. The average molecular weight is 327 g/mol. The molecule has 2 rings (SSSR count). The SMILES string of the molecule is CC1CCC(C#N)C(N(C)Cc2csc(Br)c2)C1. The second kappa shape index (κ2) is 6.18. The van der Waals surface area contributed by atoms with E-state index in [0.717, 1.165) is 25.3 Å². The highest BCUT2D eigenvalue weighted by molar-refractivity contribution is 9.11. The summed E-state index contributed by atoms with van der Waals surface area (Å²) in [5.41, 5.74) is 1.34. The summed E-state index contributed by atoms with van der Waals surface area (Å²) < 4.78 is 1.18. The second-order valence-corrected chi connectivity index (χ2v) is 7.69. The van der Waals surface area contributed by atoms with E-state index in [1.54, 1.807) is 11.3 Å². The Morgan fingerprint density at radius 3 is 2.94 bits per heavy atom. The number of thiophene rings is 1. The Morgan fingerprint density at radius 1 is 1.56 bits per heavy atom. The van der Waals surface area contributed by atoms with Gasteiger partial charge in [0.05, 0.1) is 15.8 Å². The van der Waals surface area contributed by atoms with Crippen molar-refractivity contribution in [2.24, 2.45) is 11.8 Å². The molecule has 0 N–H and O–H groups in total. The first kappa shape index (κ1) is 14.0. The van der Waals surface area contributed by atoms with Crippen molar-refractivity contribution in [2.45, 2.75) is 38.8 Å². The molecule has 3 unspecified atom stereocenters. The van der Waals surface area contributed by atoms with Gasteiger partial charge in [0.25, 0.3) is 0 Å². The van der Waals surface area contributed by atoms with Gasteiger partial charge in [0.2, 0.25) is 0 Å². The van der Waals surface area contributed by atoms with Crippen LogP contribution < -0.4 is 0 Å². The Hall–Kier alpha value is -0.370. The summed E-state index contributed by atoms with van der Waals surface area (Å²) in [6.45, 7) is 3.24. The predicted molar refractivity (Wildman–Crippen MR) is 79.4 cm³/mol. The van der Waals surface area contributed by atoms with E-state index in [-0.39, 0.29) is 5.92 Å². The summed E-state index contributed by atoms with van der Waals surface area (Å²) in [4.78, 5) is 2.36. The van der Waals surface area contributed by atoms with E-state index in [1.165, 1.54) is 15.8 Å². The van der Waals surface area contributed by atoms with Crippen molar-refractivity contribution in [1.29, 1.82) is 5.26 Å². The Bertz CT molecular complexity index is 437. The zero-order chi connectivity index (χ0) is 13.1. The van der Waals surface area contributed by atoms with Gasteiger partial charge < -0.3 is 0 Å². The smallest absolute Gasteiger partial charge is 0.0701 e. The largest absolute Gasteiger partial charge is 0.298 e. The minimum atomic E-state index is 0.202. The lowest BCUT2D eigenvalue weighted by molar-refractivity contribution is 0.125. The molecule has 0 aliphatic heterocycles. The monoisotopic (exact) mass is 326 g/mol. The number of halogens is 1. The third-order valence-electron chi connectivity index (χ3n) is 3.86. The summed E-state index contributed by atoms with van der Waals surface area (Å²) in [5.74, 6) is 0.949. The third kappa shape index (κ3) is 3.34. The van der Waals surface area contributed by atoms with Crippen molar-refractivity contribution >= 4 is 27.3 Å². The van der Waals surface area contributed by atoms with Crippen molar-refractivity contribution in [1.82, 2.24) is 4.90 Å². The molecule has 1 heterocycles. The molecule has 98 valence electrons. The molecular weight excluding hydrogens is 308 g/mol. The number of hydrogen-bond donors (Lipinski definition) is 0. The van der Waals surface area contributed by atoms with E-state index in [9.17, 15) is 5.26 Å². The zero-order valence-corrected chi connectivity index (χ0v) is 13.3. The fourth-order valence-electron chi connectivity index (χ4n) is 2.82. The van der Waals surface area contributed by atoms with Crippen molar-refractivity contribution in [3.63, 3.8) is 0 Å². The van der Waals surface area contributed by atoms with E-state index < -0.39 is 0 Å². The maximum absolute atomic E-state index is 9.28. The van der Waals surface area contributed by atoms with Crippen molar-refractivity contribution in [2.75, 3.05) is 7.05 Å². The molecular formula is C14H19BrN2S. The van der Waals surface area contributed by atoms with Crippen LogP contribution in [-0.4, -0.2) is 18.0 Å². The maximum atomic E-state index is 9.28.